The van der Waals surface area contributed by atoms with E-state index < -0.39 is 0 Å². The first kappa shape index (κ1) is 17.4. The van der Waals surface area contributed by atoms with E-state index in [1.165, 1.54) is 15.9 Å². The summed E-state index contributed by atoms with van der Waals surface area (Å²) in [5, 5.41) is 3.40. The van der Waals surface area contributed by atoms with Crippen molar-refractivity contribution in [2.45, 2.75) is 27.3 Å². The Labute approximate surface area is 150 Å². The van der Waals surface area contributed by atoms with Gasteiger partial charge in [0.2, 0.25) is 5.91 Å². The van der Waals surface area contributed by atoms with E-state index >= 15 is 0 Å². The lowest BCUT2D eigenvalue weighted by atomic mass is 10.2. The van der Waals surface area contributed by atoms with Gasteiger partial charge in [-0.15, -0.1) is 11.3 Å². The van der Waals surface area contributed by atoms with Crippen LogP contribution in [0.15, 0.2) is 41.2 Å². The van der Waals surface area contributed by atoms with Crippen molar-refractivity contribution >= 4 is 27.5 Å². The lowest BCUT2D eigenvalue weighted by molar-refractivity contribution is -0.121. The third-order valence-electron chi connectivity index (χ3n) is 3.91. The maximum Gasteiger partial charge on any atom is 0.262 e. The standard InChI is InChI=1S/C19H21N3O2S/c1-12(2)10-20-17(23)11-22-13(3)21-18-15(19(22)24)9-16(25-18)14-7-5-4-6-8-14/h4-9,12H,10-11H2,1-3H3,(H,20,23). The molecule has 25 heavy (non-hydrogen) atoms. The van der Waals surface area contributed by atoms with Gasteiger partial charge in [0, 0.05) is 11.4 Å². The van der Waals surface area contributed by atoms with Crippen molar-refractivity contribution in [2.75, 3.05) is 6.54 Å². The number of nitrogens with one attached hydrogen (secondary N) is 1. The number of rotatable bonds is 5. The predicted octanol–water partition coefficient (Wildman–Crippen LogP) is 3.21. The summed E-state index contributed by atoms with van der Waals surface area (Å²) in [4.78, 5) is 31.1. The third-order valence-corrected chi connectivity index (χ3v) is 4.99. The van der Waals surface area contributed by atoms with Crippen LogP contribution in [0.25, 0.3) is 20.7 Å². The Bertz CT molecular complexity index is 958. The Kier molecular flexibility index (Phi) is 4.99. The van der Waals surface area contributed by atoms with Gasteiger partial charge in [-0.3, -0.25) is 14.2 Å². The van der Waals surface area contributed by atoms with Gasteiger partial charge in [-0.25, -0.2) is 4.98 Å². The summed E-state index contributed by atoms with van der Waals surface area (Å²) in [5.74, 6) is 0.755. The highest BCUT2D eigenvalue weighted by Gasteiger charge is 2.15. The summed E-state index contributed by atoms with van der Waals surface area (Å²) in [6.07, 6.45) is 0. The van der Waals surface area contributed by atoms with Crippen LogP contribution >= 0.6 is 11.3 Å². The molecular weight excluding hydrogens is 334 g/mol. The monoisotopic (exact) mass is 355 g/mol. The van der Waals surface area contributed by atoms with Gasteiger partial charge < -0.3 is 5.32 Å². The van der Waals surface area contributed by atoms with E-state index in [-0.39, 0.29) is 18.0 Å². The van der Waals surface area contributed by atoms with Crippen LogP contribution < -0.4 is 10.9 Å². The molecule has 0 aliphatic heterocycles. The summed E-state index contributed by atoms with van der Waals surface area (Å²) in [6, 6.07) is 11.8. The average molecular weight is 355 g/mol. The number of hydrogen-bond donors (Lipinski definition) is 1. The van der Waals surface area contributed by atoms with Gasteiger partial charge in [-0.2, -0.15) is 0 Å². The van der Waals surface area contributed by atoms with E-state index in [4.69, 9.17) is 0 Å². The molecule has 0 saturated heterocycles. The molecule has 2 heterocycles. The first-order chi connectivity index (χ1) is 12.0. The van der Waals surface area contributed by atoms with Crippen LogP contribution in [0.3, 0.4) is 0 Å². The zero-order valence-electron chi connectivity index (χ0n) is 14.6. The maximum absolute atomic E-state index is 12.8. The summed E-state index contributed by atoms with van der Waals surface area (Å²) < 4.78 is 1.44. The van der Waals surface area contributed by atoms with Crippen molar-refractivity contribution in [3.8, 4) is 10.4 Å². The maximum atomic E-state index is 12.8. The number of nitrogens with zero attached hydrogens (tertiary/aromatic N) is 2. The zero-order chi connectivity index (χ0) is 18.0. The van der Waals surface area contributed by atoms with Crippen LogP contribution in [0.5, 0.6) is 0 Å². The highest BCUT2D eigenvalue weighted by Crippen LogP contribution is 2.30. The normalized spacial score (nSPS) is 11.2. The van der Waals surface area contributed by atoms with Crippen molar-refractivity contribution in [3.63, 3.8) is 0 Å². The SMILES string of the molecule is Cc1nc2sc(-c3ccccc3)cc2c(=O)n1CC(=O)NCC(C)C. The van der Waals surface area contributed by atoms with E-state index in [1.807, 2.05) is 50.2 Å². The number of hydrogen-bond acceptors (Lipinski definition) is 4. The molecule has 0 atom stereocenters. The number of carbonyl (C=O) groups excluding carboxylic acids is 1. The minimum atomic E-state index is -0.168. The fourth-order valence-electron chi connectivity index (χ4n) is 2.57. The second kappa shape index (κ2) is 7.19. The minimum Gasteiger partial charge on any atom is -0.354 e. The molecule has 0 bridgehead atoms. The molecule has 130 valence electrons. The Morgan fingerprint density at radius 2 is 2.00 bits per heavy atom. The van der Waals surface area contributed by atoms with Crippen molar-refractivity contribution in [1.82, 2.24) is 14.9 Å². The summed E-state index contributed by atoms with van der Waals surface area (Å²) in [6.45, 7) is 6.41. The number of amides is 1. The average Bonchev–Trinajstić information content (AvgIpc) is 3.01. The molecule has 1 amide bonds. The second-order valence-corrected chi connectivity index (χ2v) is 7.47. The van der Waals surface area contributed by atoms with Crippen molar-refractivity contribution in [3.05, 3.63) is 52.6 Å². The number of fused-ring (bicyclic) bond motifs is 1. The molecule has 0 radical (unpaired) electrons. The molecule has 5 nitrogen and oxygen atoms in total. The Morgan fingerprint density at radius 3 is 2.68 bits per heavy atom. The largest absolute Gasteiger partial charge is 0.354 e. The molecule has 0 spiro atoms. The second-order valence-electron chi connectivity index (χ2n) is 6.44. The van der Waals surface area contributed by atoms with Crippen LogP contribution in [-0.2, 0) is 11.3 Å². The van der Waals surface area contributed by atoms with Gasteiger partial charge >= 0.3 is 0 Å². The molecule has 2 aromatic heterocycles. The first-order valence-corrected chi connectivity index (χ1v) is 9.10. The quantitative estimate of drug-likeness (QED) is 0.764. The Morgan fingerprint density at radius 1 is 1.28 bits per heavy atom. The van der Waals surface area contributed by atoms with E-state index in [0.717, 1.165) is 10.4 Å². The van der Waals surface area contributed by atoms with Crippen LogP contribution in [-0.4, -0.2) is 22.0 Å². The van der Waals surface area contributed by atoms with Crippen molar-refractivity contribution < 1.29 is 4.79 Å². The number of carbonyl (C=O) groups is 1. The smallest absolute Gasteiger partial charge is 0.262 e. The van der Waals surface area contributed by atoms with Gasteiger partial charge in [-0.1, -0.05) is 44.2 Å². The topological polar surface area (TPSA) is 64.0 Å². The fraction of sp³-hybridized carbons (Fsp3) is 0.316. The van der Waals surface area contributed by atoms with Gasteiger partial charge in [0.25, 0.3) is 5.56 Å². The number of benzene rings is 1. The molecule has 6 heteroatoms. The predicted molar refractivity (Wildman–Crippen MR) is 102 cm³/mol. The van der Waals surface area contributed by atoms with Gasteiger partial charge in [0.05, 0.1) is 5.39 Å². The molecule has 0 unspecified atom stereocenters. The van der Waals surface area contributed by atoms with E-state index in [1.54, 1.807) is 6.92 Å². The highest BCUT2D eigenvalue weighted by molar-refractivity contribution is 7.21. The minimum absolute atomic E-state index is 0.00313. The molecule has 3 rings (SSSR count). The van der Waals surface area contributed by atoms with Crippen molar-refractivity contribution in [1.29, 1.82) is 0 Å². The lowest BCUT2D eigenvalue weighted by Gasteiger charge is -2.11. The van der Waals surface area contributed by atoms with E-state index in [0.29, 0.717) is 28.5 Å². The number of thiophene rings is 1. The van der Waals surface area contributed by atoms with Crippen LogP contribution in [0.2, 0.25) is 0 Å². The molecule has 0 fully saturated rings. The number of aromatic nitrogens is 2. The van der Waals surface area contributed by atoms with E-state index in [2.05, 4.69) is 10.3 Å². The Hall–Kier alpha value is -2.47. The molecule has 0 saturated carbocycles. The molecule has 3 aromatic rings. The fourth-order valence-corrected chi connectivity index (χ4v) is 3.64. The zero-order valence-corrected chi connectivity index (χ0v) is 15.4. The van der Waals surface area contributed by atoms with E-state index in [9.17, 15) is 9.59 Å². The van der Waals surface area contributed by atoms with Gasteiger partial charge in [0.15, 0.2) is 0 Å². The molecule has 0 aliphatic carbocycles. The Balaban J connectivity index is 1.95. The van der Waals surface area contributed by atoms with Gasteiger partial charge in [-0.05, 0) is 24.5 Å². The summed E-state index contributed by atoms with van der Waals surface area (Å²) in [5.41, 5.74) is 0.893. The summed E-state index contributed by atoms with van der Waals surface area (Å²) >= 11 is 1.50. The first-order valence-electron chi connectivity index (χ1n) is 8.29. The molecule has 1 N–H and O–H groups in total. The van der Waals surface area contributed by atoms with Gasteiger partial charge in [0.1, 0.15) is 17.2 Å². The molecule has 1 aromatic carbocycles. The summed E-state index contributed by atoms with van der Waals surface area (Å²) in [7, 11) is 0. The molecular formula is C19H21N3O2S. The number of aryl methyl sites for hydroxylation is 1. The lowest BCUT2D eigenvalue weighted by Crippen LogP contribution is -2.35. The van der Waals surface area contributed by atoms with Crippen molar-refractivity contribution in [2.24, 2.45) is 5.92 Å². The van der Waals surface area contributed by atoms with Crippen LogP contribution in [0, 0.1) is 12.8 Å². The van der Waals surface area contributed by atoms with Crippen LogP contribution in [0.4, 0.5) is 0 Å². The van der Waals surface area contributed by atoms with Crippen LogP contribution in [0.1, 0.15) is 19.7 Å². The third kappa shape index (κ3) is 3.79. The molecule has 0 aliphatic rings. The highest BCUT2D eigenvalue weighted by atomic mass is 32.1.